The zero-order valence-electron chi connectivity index (χ0n) is 14.3. The summed E-state index contributed by atoms with van der Waals surface area (Å²) in [5.41, 5.74) is 5.40. The van der Waals surface area contributed by atoms with Gasteiger partial charge in [0.25, 0.3) is 0 Å². The highest BCUT2D eigenvalue weighted by molar-refractivity contribution is 5.85. The number of ether oxygens (including phenoxy) is 3. The van der Waals surface area contributed by atoms with Gasteiger partial charge in [-0.3, -0.25) is 4.79 Å². The van der Waals surface area contributed by atoms with Gasteiger partial charge in [-0.05, 0) is 25.0 Å². The van der Waals surface area contributed by atoms with Crippen molar-refractivity contribution in [2.45, 2.75) is 12.8 Å². The minimum atomic E-state index is -0.489. The lowest BCUT2D eigenvalue weighted by molar-refractivity contribution is -0.146. The van der Waals surface area contributed by atoms with Gasteiger partial charge in [-0.2, -0.15) is 0 Å². The number of methoxy groups -OCH3 is 1. The van der Waals surface area contributed by atoms with Crippen molar-refractivity contribution in [2.24, 2.45) is 11.1 Å². The summed E-state index contributed by atoms with van der Waals surface area (Å²) < 4.78 is 16.3. The number of halogens is 1. The van der Waals surface area contributed by atoms with Gasteiger partial charge in [0.05, 0.1) is 19.1 Å². The van der Waals surface area contributed by atoms with Crippen LogP contribution in [-0.4, -0.2) is 57.9 Å². The van der Waals surface area contributed by atoms with Crippen molar-refractivity contribution >= 4 is 18.3 Å². The van der Waals surface area contributed by atoms with E-state index in [1.165, 1.54) is 0 Å². The van der Waals surface area contributed by atoms with Gasteiger partial charge in [-0.25, -0.2) is 0 Å². The van der Waals surface area contributed by atoms with Crippen LogP contribution in [0.2, 0.25) is 0 Å². The molecule has 24 heavy (non-hydrogen) atoms. The number of rotatable bonds is 7. The second kappa shape index (κ2) is 9.71. The Morgan fingerprint density at radius 2 is 1.92 bits per heavy atom. The molecule has 2 rings (SSSR count). The molecule has 1 aliphatic rings. The van der Waals surface area contributed by atoms with Gasteiger partial charge in [0.1, 0.15) is 6.61 Å². The van der Waals surface area contributed by atoms with E-state index < -0.39 is 5.41 Å². The van der Waals surface area contributed by atoms with Crippen LogP contribution in [0.4, 0.5) is 0 Å². The zero-order valence-corrected chi connectivity index (χ0v) is 15.1. The van der Waals surface area contributed by atoms with Crippen LogP contribution in [0.25, 0.3) is 0 Å². The average molecular weight is 359 g/mol. The molecule has 136 valence electrons. The first-order valence-electron chi connectivity index (χ1n) is 7.92. The molecule has 0 atom stereocenters. The predicted octanol–water partition coefficient (Wildman–Crippen LogP) is 1.71. The van der Waals surface area contributed by atoms with Crippen LogP contribution in [0.1, 0.15) is 12.8 Å². The lowest BCUT2D eigenvalue weighted by atomic mass is 9.79. The summed E-state index contributed by atoms with van der Waals surface area (Å²) in [6.45, 7) is 2.44. The number of para-hydroxylation sites is 2. The molecular weight excluding hydrogens is 332 g/mol. The fourth-order valence-corrected chi connectivity index (χ4v) is 2.80. The predicted molar refractivity (Wildman–Crippen MR) is 94.9 cm³/mol. The Balaban J connectivity index is 0.00000288. The number of hydrogen-bond donors (Lipinski definition) is 1. The van der Waals surface area contributed by atoms with Crippen molar-refractivity contribution in [3.05, 3.63) is 24.3 Å². The number of likely N-dealkylation sites (N-methyl/N-ethyl adjacent to an activating group) is 1. The third kappa shape index (κ3) is 4.75. The normalized spacial score (nSPS) is 16.0. The van der Waals surface area contributed by atoms with Crippen LogP contribution < -0.4 is 15.2 Å². The largest absolute Gasteiger partial charge is 0.493 e. The third-order valence-corrected chi connectivity index (χ3v) is 4.39. The molecule has 1 heterocycles. The maximum Gasteiger partial charge on any atom is 0.230 e. The second-order valence-corrected chi connectivity index (χ2v) is 5.82. The van der Waals surface area contributed by atoms with Crippen molar-refractivity contribution in [2.75, 3.05) is 47.1 Å². The molecule has 0 radical (unpaired) electrons. The molecule has 1 aromatic rings. The Kier molecular flexibility index (Phi) is 8.31. The number of hydrogen-bond acceptors (Lipinski definition) is 5. The number of nitrogens with two attached hydrogens (primary N) is 1. The minimum Gasteiger partial charge on any atom is -0.493 e. The highest BCUT2D eigenvalue weighted by Crippen LogP contribution is 2.31. The smallest absolute Gasteiger partial charge is 0.230 e. The molecule has 0 spiro atoms. The zero-order chi connectivity index (χ0) is 16.7. The molecule has 1 fully saturated rings. The number of carbonyl (C=O) groups is 1. The maximum absolute atomic E-state index is 12.7. The molecule has 1 aliphatic heterocycles. The van der Waals surface area contributed by atoms with Crippen LogP contribution >= 0.6 is 12.4 Å². The molecular formula is C17H27ClN2O4. The Morgan fingerprint density at radius 1 is 1.29 bits per heavy atom. The van der Waals surface area contributed by atoms with E-state index in [4.69, 9.17) is 19.9 Å². The van der Waals surface area contributed by atoms with Gasteiger partial charge in [0.15, 0.2) is 11.5 Å². The minimum absolute atomic E-state index is 0. The Morgan fingerprint density at radius 3 is 2.50 bits per heavy atom. The second-order valence-electron chi connectivity index (χ2n) is 5.82. The summed E-state index contributed by atoms with van der Waals surface area (Å²) in [5.74, 6) is 1.44. The van der Waals surface area contributed by atoms with Gasteiger partial charge in [0, 0.05) is 26.8 Å². The molecule has 0 bridgehead atoms. The fraction of sp³-hybridized carbons (Fsp3) is 0.588. The number of benzene rings is 1. The van der Waals surface area contributed by atoms with E-state index in [-0.39, 0.29) is 18.3 Å². The Labute approximate surface area is 149 Å². The van der Waals surface area contributed by atoms with Gasteiger partial charge >= 0.3 is 0 Å². The lowest BCUT2D eigenvalue weighted by Crippen LogP contribution is -2.50. The first-order valence-corrected chi connectivity index (χ1v) is 7.92. The maximum atomic E-state index is 12.7. The fourth-order valence-electron chi connectivity index (χ4n) is 2.80. The highest BCUT2D eigenvalue weighted by Gasteiger charge is 2.40. The topological polar surface area (TPSA) is 74.0 Å². The van der Waals surface area contributed by atoms with Crippen LogP contribution in [0.15, 0.2) is 24.3 Å². The Hall–Kier alpha value is -1.50. The summed E-state index contributed by atoms with van der Waals surface area (Å²) in [6.07, 6.45) is 1.36. The van der Waals surface area contributed by atoms with Gasteiger partial charge in [-0.1, -0.05) is 12.1 Å². The van der Waals surface area contributed by atoms with Crippen LogP contribution in [-0.2, 0) is 9.53 Å². The van der Waals surface area contributed by atoms with E-state index in [0.717, 1.165) is 0 Å². The molecule has 0 aliphatic carbocycles. The molecule has 1 amide bonds. The quantitative estimate of drug-likeness (QED) is 0.803. The molecule has 2 N–H and O–H groups in total. The van der Waals surface area contributed by atoms with E-state index in [2.05, 4.69) is 0 Å². The van der Waals surface area contributed by atoms with Crippen molar-refractivity contribution in [3.63, 3.8) is 0 Å². The summed E-state index contributed by atoms with van der Waals surface area (Å²) in [4.78, 5) is 14.4. The summed E-state index contributed by atoms with van der Waals surface area (Å²) in [6, 6.07) is 7.46. The van der Waals surface area contributed by atoms with Crippen molar-refractivity contribution < 1.29 is 19.0 Å². The molecule has 1 saturated heterocycles. The Bertz CT molecular complexity index is 521. The van der Waals surface area contributed by atoms with Gasteiger partial charge < -0.3 is 24.8 Å². The first kappa shape index (κ1) is 20.5. The van der Waals surface area contributed by atoms with Crippen LogP contribution in [0, 0.1) is 5.41 Å². The number of nitrogens with zero attached hydrogens (tertiary/aromatic N) is 1. The molecule has 0 aromatic heterocycles. The standard InChI is InChI=1S/C17H26N2O4.ClH/c1-19(16(20)17(13-18)7-10-22-11-8-17)9-12-23-15-6-4-3-5-14(15)21-2;/h3-6H,7-13,18H2,1-2H3;1H. The van der Waals surface area contributed by atoms with Crippen molar-refractivity contribution in [1.82, 2.24) is 4.90 Å². The highest BCUT2D eigenvalue weighted by atomic mass is 35.5. The summed E-state index contributed by atoms with van der Waals surface area (Å²) in [7, 11) is 3.40. The van der Waals surface area contributed by atoms with Crippen LogP contribution in [0.3, 0.4) is 0 Å². The third-order valence-electron chi connectivity index (χ3n) is 4.39. The van der Waals surface area contributed by atoms with Crippen LogP contribution in [0.5, 0.6) is 11.5 Å². The SMILES string of the molecule is COc1ccccc1OCCN(C)C(=O)C1(CN)CCOCC1.Cl. The van der Waals surface area contributed by atoms with E-state index in [9.17, 15) is 4.79 Å². The van der Waals surface area contributed by atoms with E-state index in [1.807, 2.05) is 24.3 Å². The van der Waals surface area contributed by atoms with Crippen molar-refractivity contribution in [3.8, 4) is 11.5 Å². The van der Waals surface area contributed by atoms with E-state index in [0.29, 0.717) is 57.3 Å². The van der Waals surface area contributed by atoms with Gasteiger partial charge in [-0.15, -0.1) is 12.4 Å². The summed E-state index contributed by atoms with van der Waals surface area (Å²) in [5, 5.41) is 0. The van der Waals surface area contributed by atoms with E-state index >= 15 is 0 Å². The molecule has 0 saturated carbocycles. The first-order chi connectivity index (χ1) is 11.1. The van der Waals surface area contributed by atoms with Crippen molar-refractivity contribution in [1.29, 1.82) is 0 Å². The average Bonchev–Trinajstić information content (AvgIpc) is 2.61. The molecule has 0 unspecified atom stereocenters. The lowest BCUT2D eigenvalue weighted by Gasteiger charge is -2.37. The number of amides is 1. The monoisotopic (exact) mass is 358 g/mol. The van der Waals surface area contributed by atoms with Gasteiger partial charge in [0.2, 0.25) is 5.91 Å². The molecule has 1 aromatic carbocycles. The molecule has 6 nitrogen and oxygen atoms in total. The number of carbonyl (C=O) groups excluding carboxylic acids is 1. The molecule has 7 heteroatoms. The van der Waals surface area contributed by atoms with E-state index in [1.54, 1.807) is 19.1 Å². The summed E-state index contributed by atoms with van der Waals surface area (Å²) >= 11 is 0.